The summed E-state index contributed by atoms with van der Waals surface area (Å²) in [5, 5.41) is 0. The molecule has 0 bridgehead atoms. The lowest BCUT2D eigenvalue weighted by Gasteiger charge is -2.12. The highest BCUT2D eigenvalue weighted by molar-refractivity contribution is 5.73. The van der Waals surface area contributed by atoms with Crippen LogP contribution in [0.25, 0.3) is 0 Å². The molecule has 0 N–H and O–H groups in total. The maximum atomic E-state index is 3.99. The number of allylic oxidation sites excluding steroid dienone is 3. The molecule has 1 aliphatic heterocycles. The van der Waals surface area contributed by atoms with E-state index in [9.17, 15) is 0 Å². The van der Waals surface area contributed by atoms with Gasteiger partial charge in [-0.2, -0.15) is 0 Å². The number of aliphatic imine (C=N–C) groups is 1. The highest BCUT2D eigenvalue weighted by Crippen LogP contribution is 2.13. The van der Waals surface area contributed by atoms with Crippen molar-refractivity contribution in [2.24, 2.45) is 10.9 Å². The van der Waals surface area contributed by atoms with Crippen molar-refractivity contribution in [1.29, 1.82) is 0 Å². The van der Waals surface area contributed by atoms with Gasteiger partial charge in [0.25, 0.3) is 0 Å². The van der Waals surface area contributed by atoms with Gasteiger partial charge in [0.15, 0.2) is 0 Å². The summed E-state index contributed by atoms with van der Waals surface area (Å²) >= 11 is 0. The topological polar surface area (TPSA) is 15.6 Å². The third-order valence-electron chi connectivity index (χ3n) is 2.74. The Kier molecular flexibility index (Phi) is 5.62. The minimum Gasteiger partial charge on any atom is -0.377 e. The van der Waals surface area contributed by atoms with Gasteiger partial charge >= 0.3 is 0 Å². The molecule has 0 aliphatic carbocycles. The Morgan fingerprint density at radius 1 is 1.31 bits per heavy atom. The quantitative estimate of drug-likeness (QED) is 0.510. The molecule has 0 unspecified atom stereocenters. The molecule has 0 amide bonds. The average Bonchev–Trinajstić information content (AvgIpc) is 2.75. The second-order valence-electron chi connectivity index (χ2n) is 4.36. The predicted octanol–water partition coefficient (Wildman–Crippen LogP) is 3.39. The van der Waals surface area contributed by atoms with Crippen LogP contribution < -0.4 is 0 Å². The van der Waals surface area contributed by atoms with Gasteiger partial charge in [-0.05, 0) is 42.7 Å². The summed E-state index contributed by atoms with van der Waals surface area (Å²) in [6.45, 7) is 10.3. The second-order valence-corrected chi connectivity index (χ2v) is 4.36. The first kappa shape index (κ1) is 12.8. The summed E-state index contributed by atoms with van der Waals surface area (Å²) in [7, 11) is 0. The Balaban J connectivity index is 2.59. The zero-order valence-corrected chi connectivity index (χ0v) is 10.4. The van der Waals surface area contributed by atoms with Crippen LogP contribution in [0.2, 0.25) is 0 Å². The van der Waals surface area contributed by atoms with Crippen molar-refractivity contribution in [3.63, 3.8) is 0 Å². The van der Waals surface area contributed by atoms with Gasteiger partial charge in [0, 0.05) is 25.5 Å². The van der Waals surface area contributed by atoms with E-state index in [1.165, 1.54) is 31.5 Å². The van der Waals surface area contributed by atoms with Crippen LogP contribution in [0.4, 0.5) is 0 Å². The number of nitrogens with zero attached hydrogens (tertiary/aromatic N) is 2. The first-order valence-corrected chi connectivity index (χ1v) is 6.00. The van der Waals surface area contributed by atoms with E-state index >= 15 is 0 Å². The molecule has 2 heteroatoms. The van der Waals surface area contributed by atoms with Crippen molar-refractivity contribution in [2.45, 2.75) is 26.7 Å². The lowest BCUT2D eigenvalue weighted by Crippen LogP contribution is -2.10. The van der Waals surface area contributed by atoms with Crippen LogP contribution in [-0.4, -0.2) is 24.2 Å². The lowest BCUT2D eigenvalue weighted by atomic mass is 10.0. The van der Waals surface area contributed by atoms with Crippen molar-refractivity contribution in [2.75, 3.05) is 13.1 Å². The molecule has 1 saturated heterocycles. The number of likely N-dealkylation sites (tertiary alicyclic amines) is 1. The SMILES string of the molecule is C=CN=C/C=C(/C=C/N1CCCC1)C(C)C. The molecule has 1 aliphatic rings. The molecule has 16 heavy (non-hydrogen) atoms. The first-order chi connectivity index (χ1) is 7.74. The first-order valence-electron chi connectivity index (χ1n) is 6.00. The summed E-state index contributed by atoms with van der Waals surface area (Å²) in [5.41, 5.74) is 1.30. The Morgan fingerprint density at radius 3 is 2.56 bits per heavy atom. The van der Waals surface area contributed by atoms with Crippen molar-refractivity contribution >= 4 is 6.21 Å². The standard InChI is InChI=1S/C14H22N2/c1-4-15-9-7-14(13(2)3)8-12-16-10-5-6-11-16/h4,7-9,12-13H,1,5-6,10-11H2,2-3H3/b12-8+,14-7-,15-9?. The highest BCUT2D eigenvalue weighted by atomic mass is 15.1. The number of rotatable bonds is 5. The molecule has 0 aromatic heterocycles. The molecule has 0 radical (unpaired) electrons. The van der Waals surface area contributed by atoms with Gasteiger partial charge in [0.2, 0.25) is 0 Å². The molecule has 0 spiro atoms. The summed E-state index contributed by atoms with van der Waals surface area (Å²) in [4.78, 5) is 6.36. The molecule has 1 rings (SSSR count). The molecule has 2 nitrogen and oxygen atoms in total. The zero-order valence-electron chi connectivity index (χ0n) is 10.4. The third-order valence-corrected chi connectivity index (χ3v) is 2.74. The fourth-order valence-corrected chi connectivity index (χ4v) is 1.71. The Morgan fingerprint density at radius 2 is 2.00 bits per heavy atom. The fourth-order valence-electron chi connectivity index (χ4n) is 1.71. The van der Waals surface area contributed by atoms with Crippen LogP contribution in [0.15, 0.2) is 41.7 Å². The zero-order chi connectivity index (χ0) is 11.8. The Labute approximate surface area is 99.1 Å². The molecule has 88 valence electrons. The van der Waals surface area contributed by atoms with Gasteiger partial charge < -0.3 is 4.90 Å². The van der Waals surface area contributed by atoms with E-state index in [1.54, 1.807) is 12.4 Å². The number of hydrogen-bond donors (Lipinski definition) is 0. The molecular weight excluding hydrogens is 196 g/mol. The normalized spacial score (nSPS) is 18.2. The molecular formula is C14H22N2. The van der Waals surface area contributed by atoms with E-state index < -0.39 is 0 Å². The molecule has 0 aromatic rings. The third kappa shape index (κ3) is 4.47. The Bertz CT molecular complexity index is 292. The van der Waals surface area contributed by atoms with Crippen molar-refractivity contribution < 1.29 is 0 Å². The molecule has 1 fully saturated rings. The second kappa shape index (κ2) is 7.04. The summed E-state index contributed by atoms with van der Waals surface area (Å²) in [6, 6.07) is 0. The van der Waals surface area contributed by atoms with Gasteiger partial charge in [-0.1, -0.05) is 20.4 Å². The van der Waals surface area contributed by atoms with Crippen LogP contribution in [0.1, 0.15) is 26.7 Å². The summed E-state index contributed by atoms with van der Waals surface area (Å²) < 4.78 is 0. The van der Waals surface area contributed by atoms with Gasteiger partial charge in [0.1, 0.15) is 0 Å². The number of hydrogen-bond acceptors (Lipinski definition) is 2. The fraction of sp³-hybridized carbons (Fsp3) is 0.500. The minimum atomic E-state index is 0.523. The van der Waals surface area contributed by atoms with Crippen LogP contribution >= 0.6 is 0 Å². The maximum absolute atomic E-state index is 3.99. The van der Waals surface area contributed by atoms with E-state index in [0.29, 0.717) is 5.92 Å². The van der Waals surface area contributed by atoms with Gasteiger partial charge in [0.05, 0.1) is 0 Å². The van der Waals surface area contributed by atoms with Crippen LogP contribution in [0, 0.1) is 5.92 Å². The summed E-state index contributed by atoms with van der Waals surface area (Å²) in [5.74, 6) is 0.523. The van der Waals surface area contributed by atoms with Gasteiger partial charge in [-0.25, -0.2) is 0 Å². The monoisotopic (exact) mass is 218 g/mol. The van der Waals surface area contributed by atoms with E-state index in [1.807, 2.05) is 0 Å². The van der Waals surface area contributed by atoms with E-state index in [2.05, 4.69) is 48.7 Å². The molecule has 1 heterocycles. The largest absolute Gasteiger partial charge is 0.377 e. The van der Waals surface area contributed by atoms with Crippen molar-refractivity contribution in [3.05, 3.63) is 36.7 Å². The van der Waals surface area contributed by atoms with Gasteiger partial charge in [-0.15, -0.1) is 0 Å². The molecule has 0 saturated carbocycles. The smallest absolute Gasteiger partial charge is 0.0270 e. The predicted molar refractivity (Wildman–Crippen MR) is 71.6 cm³/mol. The Hall–Kier alpha value is -1.31. The van der Waals surface area contributed by atoms with E-state index in [-0.39, 0.29) is 0 Å². The van der Waals surface area contributed by atoms with Gasteiger partial charge in [-0.3, -0.25) is 4.99 Å². The van der Waals surface area contributed by atoms with Crippen LogP contribution in [-0.2, 0) is 0 Å². The minimum absolute atomic E-state index is 0.523. The average molecular weight is 218 g/mol. The van der Waals surface area contributed by atoms with E-state index in [0.717, 1.165) is 0 Å². The lowest BCUT2D eigenvalue weighted by molar-refractivity contribution is 0.467. The van der Waals surface area contributed by atoms with E-state index in [4.69, 9.17) is 0 Å². The van der Waals surface area contributed by atoms with Crippen molar-refractivity contribution in [3.8, 4) is 0 Å². The molecule has 0 aromatic carbocycles. The van der Waals surface area contributed by atoms with Crippen LogP contribution in [0.3, 0.4) is 0 Å². The molecule has 0 atom stereocenters. The maximum Gasteiger partial charge on any atom is 0.0270 e. The summed E-state index contributed by atoms with van der Waals surface area (Å²) in [6.07, 6.45) is 12.5. The van der Waals surface area contributed by atoms with Crippen LogP contribution in [0.5, 0.6) is 0 Å². The van der Waals surface area contributed by atoms with Crippen molar-refractivity contribution in [1.82, 2.24) is 4.90 Å². The highest BCUT2D eigenvalue weighted by Gasteiger charge is 2.06.